The molecule has 0 saturated carbocycles. The van der Waals surface area contributed by atoms with Gasteiger partial charge in [0.05, 0.1) is 16.8 Å². The fraction of sp³-hybridized carbons (Fsp3) is 0.214. The summed E-state index contributed by atoms with van der Waals surface area (Å²) in [4.78, 5) is 4.04. The van der Waals surface area contributed by atoms with Gasteiger partial charge in [-0.25, -0.2) is 0 Å². The van der Waals surface area contributed by atoms with Gasteiger partial charge in [0.15, 0.2) is 0 Å². The number of benzene rings is 1. The predicted molar refractivity (Wildman–Crippen MR) is 76.4 cm³/mol. The highest BCUT2D eigenvalue weighted by Gasteiger charge is 2.03. The first kappa shape index (κ1) is 13.1. The second kappa shape index (κ2) is 6.52. The zero-order chi connectivity index (χ0) is 12.8. The SMILES string of the molecule is COCc1ccccc1CNc1ccncc1Br. The van der Waals surface area contributed by atoms with Crippen LogP contribution in [0.4, 0.5) is 5.69 Å². The Bertz CT molecular complexity index is 517. The van der Waals surface area contributed by atoms with Crippen LogP contribution in [0.3, 0.4) is 0 Å². The summed E-state index contributed by atoms with van der Waals surface area (Å²) in [6.45, 7) is 1.40. The summed E-state index contributed by atoms with van der Waals surface area (Å²) in [5, 5.41) is 3.39. The van der Waals surface area contributed by atoms with E-state index in [0.29, 0.717) is 6.61 Å². The van der Waals surface area contributed by atoms with Crippen molar-refractivity contribution < 1.29 is 4.74 Å². The highest BCUT2D eigenvalue weighted by Crippen LogP contribution is 2.21. The van der Waals surface area contributed by atoms with Crippen LogP contribution in [-0.2, 0) is 17.9 Å². The summed E-state index contributed by atoms with van der Waals surface area (Å²) < 4.78 is 6.16. The van der Waals surface area contributed by atoms with Crippen LogP contribution >= 0.6 is 15.9 Å². The van der Waals surface area contributed by atoms with Crippen molar-refractivity contribution in [1.82, 2.24) is 4.98 Å². The number of anilines is 1. The molecule has 1 N–H and O–H groups in total. The fourth-order valence-electron chi connectivity index (χ4n) is 1.74. The minimum atomic E-state index is 0.634. The lowest BCUT2D eigenvalue weighted by molar-refractivity contribution is 0.184. The Balaban J connectivity index is 2.08. The Morgan fingerprint density at radius 3 is 2.72 bits per heavy atom. The van der Waals surface area contributed by atoms with E-state index in [2.05, 4.69) is 38.4 Å². The molecule has 0 saturated heterocycles. The summed E-state index contributed by atoms with van der Waals surface area (Å²) in [5.74, 6) is 0. The van der Waals surface area contributed by atoms with Crippen LogP contribution in [0.5, 0.6) is 0 Å². The summed E-state index contributed by atoms with van der Waals surface area (Å²) in [7, 11) is 1.71. The first-order chi connectivity index (χ1) is 8.81. The van der Waals surface area contributed by atoms with E-state index in [1.54, 1.807) is 19.5 Å². The van der Waals surface area contributed by atoms with Crippen LogP contribution in [0.2, 0.25) is 0 Å². The largest absolute Gasteiger partial charge is 0.380 e. The van der Waals surface area contributed by atoms with Crippen LogP contribution < -0.4 is 5.32 Å². The van der Waals surface area contributed by atoms with Crippen LogP contribution in [0.1, 0.15) is 11.1 Å². The molecule has 4 heteroatoms. The molecule has 1 aromatic carbocycles. The number of methoxy groups -OCH3 is 1. The second-order valence-corrected chi connectivity index (χ2v) is 4.77. The standard InChI is InChI=1S/C14H15BrN2O/c1-18-10-12-5-3-2-4-11(12)8-17-14-6-7-16-9-13(14)15/h2-7,9H,8,10H2,1H3,(H,16,17). The van der Waals surface area contributed by atoms with Crippen molar-refractivity contribution in [3.8, 4) is 0 Å². The maximum absolute atomic E-state index is 5.20. The molecule has 3 nitrogen and oxygen atoms in total. The number of pyridine rings is 1. The third-order valence-electron chi connectivity index (χ3n) is 2.66. The monoisotopic (exact) mass is 306 g/mol. The number of ether oxygens (including phenoxy) is 1. The molecule has 0 amide bonds. The average Bonchev–Trinajstić information content (AvgIpc) is 2.40. The summed E-state index contributed by atoms with van der Waals surface area (Å²) in [6.07, 6.45) is 3.55. The summed E-state index contributed by atoms with van der Waals surface area (Å²) in [6, 6.07) is 10.2. The molecule has 0 radical (unpaired) electrons. The first-order valence-electron chi connectivity index (χ1n) is 5.70. The maximum Gasteiger partial charge on any atom is 0.0716 e. The minimum absolute atomic E-state index is 0.634. The molecule has 2 aromatic rings. The van der Waals surface area contributed by atoms with Gasteiger partial charge in [0, 0.05) is 26.0 Å². The number of rotatable bonds is 5. The fourth-order valence-corrected chi connectivity index (χ4v) is 2.13. The lowest BCUT2D eigenvalue weighted by Crippen LogP contribution is -2.04. The van der Waals surface area contributed by atoms with Crippen LogP contribution in [0.25, 0.3) is 0 Å². The molecule has 0 spiro atoms. The zero-order valence-corrected chi connectivity index (χ0v) is 11.8. The third kappa shape index (κ3) is 3.31. The van der Waals surface area contributed by atoms with Crippen molar-refractivity contribution in [2.75, 3.05) is 12.4 Å². The number of aromatic nitrogens is 1. The molecule has 0 atom stereocenters. The van der Waals surface area contributed by atoms with Gasteiger partial charge in [-0.1, -0.05) is 24.3 Å². The molecule has 18 heavy (non-hydrogen) atoms. The number of nitrogens with one attached hydrogen (secondary N) is 1. The highest BCUT2D eigenvalue weighted by molar-refractivity contribution is 9.10. The molecule has 1 heterocycles. The van der Waals surface area contributed by atoms with Crippen molar-refractivity contribution >= 4 is 21.6 Å². The normalized spacial score (nSPS) is 10.3. The number of hydrogen-bond acceptors (Lipinski definition) is 3. The van der Waals surface area contributed by atoms with Gasteiger partial charge in [-0.2, -0.15) is 0 Å². The third-order valence-corrected chi connectivity index (χ3v) is 3.29. The number of hydrogen-bond donors (Lipinski definition) is 1. The van der Waals surface area contributed by atoms with Gasteiger partial charge in [0.1, 0.15) is 0 Å². The van der Waals surface area contributed by atoms with Crippen molar-refractivity contribution in [3.63, 3.8) is 0 Å². The van der Waals surface area contributed by atoms with E-state index in [-0.39, 0.29) is 0 Å². The Morgan fingerprint density at radius 1 is 1.22 bits per heavy atom. The molecule has 0 bridgehead atoms. The minimum Gasteiger partial charge on any atom is -0.380 e. The van der Waals surface area contributed by atoms with Crippen molar-refractivity contribution in [3.05, 3.63) is 58.3 Å². The Labute approximate surface area is 115 Å². The predicted octanol–water partition coefficient (Wildman–Crippen LogP) is 3.60. The second-order valence-electron chi connectivity index (χ2n) is 3.91. The van der Waals surface area contributed by atoms with Crippen LogP contribution in [-0.4, -0.2) is 12.1 Å². The number of nitrogens with zero attached hydrogens (tertiary/aromatic N) is 1. The molecular formula is C14H15BrN2O. The Hall–Kier alpha value is -1.39. The first-order valence-corrected chi connectivity index (χ1v) is 6.49. The summed E-state index contributed by atoms with van der Waals surface area (Å²) in [5.41, 5.74) is 3.48. The topological polar surface area (TPSA) is 34.1 Å². The van der Waals surface area contributed by atoms with Gasteiger partial charge in [0.2, 0.25) is 0 Å². The van der Waals surface area contributed by atoms with Gasteiger partial charge in [-0.15, -0.1) is 0 Å². The van der Waals surface area contributed by atoms with Crippen molar-refractivity contribution in [1.29, 1.82) is 0 Å². The van der Waals surface area contributed by atoms with E-state index >= 15 is 0 Å². The Kier molecular flexibility index (Phi) is 4.73. The molecule has 0 aliphatic heterocycles. The van der Waals surface area contributed by atoms with Crippen LogP contribution in [0.15, 0.2) is 47.2 Å². The Morgan fingerprint density at radius 2 is 2.00 bits per heavy atom. The van der Waals surface area contributed by atoms with E-state index in [1.165, 1.54) is 11.1 Å². The lowest BCUT2D eigenvalue weighted by Gasteiger charge is -2.11. The van der Waals surface area contributed by atoms with E-state index in [4.69, 9.17) is 4.74 Å². The molecule has 0 aliphatic carbocycles. The number of halogens is 1. The quantitative estimate of drug-likeness (QED) is 0.916. The molecule has 1 aromatic heterocycles. The molecule has 0 unspecified atom stereocenters. The van der Waals surface area contributed by atoms with Gasteiger partial charge < -0.3 is 10.1 Å². The van der Waals surface area contributed by atoms with E-state index < -0.39 is 0 Å². The van der Waals surface area contributed by atoms with Gasteiger partial charge >= 0.3 is 0 Å². The van der Waals surface area contributed by atoms with Crippen molar-refractivity contribution in [2.24, 2.45) is 0 Å². The van der Waals surface area contributed by atoms with E-state index in [9.17, 15) is 0 Å². The van der Waals surface area contributed by atoms with E-state index in [1.807, 2.05) is 18.2 Å². The lowest BCUT2D eigenvalue weighted by atomic mass is 10.1. The molecule has 94 valence electrons. The van der Waals surface area contributed by atoms with Gasteiger partial charge in [0.25, 0.3) is 0 Å². The zero-order valence-electron chi connectivity index (χ0n) is 10.2. The van der Waals surface area contributed by atoms with E-state index in [0.717, 1.165) is 16.7 Å². The van der Waals surface area contributed by atoms with Crippen LogP contribution in [0, 0.1) is 0 Å². The molecule has 0 aliphatic rings. The van der Waals surface area contributed by atoms with Gasteiger partial charge in [-0.3, -0.25) is 4.98 Å². The van der Waals surface area contributed by atoms with Crippen molar-refractivity contribution in [2.45, 2.75) is 13.2 Å². The molecule has 2 rings (SSSR count). The molecular weight excluding hydrogens is 292 g/mol. The maximum atomic E-state index is 5.20. The smallest absolute Gasteiger partial charge is 0.0716 e. The average molecular weight is 307 g/mol. The molecule has 0 fully saturated rings. The van der Waals surface area contributed by atoms with Gasteiger partial charge in [-0.05, 0) is 33.1 Å². The highest BCUT2D eigenvalue weighted by atomic mass is 79.9. The summed E-state index contributed by atoms with van der Waals surface area (Å²) >= 11 is 3.47.